The second kappa shape index (κ2) is 6.01. The van der Waals surface area contributed by atoms with E-state index in [2.05, 4.69) is 18.2 Å². The molecule has 2 aliphatic rings. The Bertz CT molecular complexity index is 554. The van der Waals surface area contributed by atoms with Crippen LogP contribution in [0.3, 0.4) is 0 Å². The lowest BCUT2D eigenvalue weighted by molar-refractivity contribution is -0.109. The van der Waals surface area contributed by atoms with Crippen LogP contribution in [-0.2, 0) is 4.79 Å². The van der Waals surface area contributed by atoms with Crippen LogP contribution < -0.4 is 0 Å². The first kappa shape index (κ1) is 16.4. The van der Waals surface area contributed by atoms with E-state index in [0.717, 1.165) is 19.0 Å². The Hall–Kier alpha value is -0.00312. The first-order chi connectivity index (χ1) is 9.25. The lowest BCUT2D eigenvalue weighted by atomic mass is 10.1. The summed E-state index contributed by atoms with van der Waals surface area (Å²) in [5.41, 5.74) is 0.0912. The van der Waals surface area contributed by atoms with Crippen molar-refractivity contribution >= 4 is 66.1 Å². The van der Waals surface area contributed by atoms with Gasteiger partial charge >= 0.3 is 0 Å². The molecule has 3 nitrogen and oxygen atoms in total. The Balaban J connectivity index is 2.42. The van der Waals surface area contributed by atoms with Crippen molar-refractivity contribution in [1.82, 2.24) is 4.67 Å². The molecule has 20 heavy (non-hydrogen) atoms. The van der Waals surface area contributed by atoms with Gasteiger partial charge in [-0.25, -0.2) is 0 Å². The largest absolute Gasteiger partial charge is 0.324 e. The highest BCUT2D eigenvalue weighted by Gasteiger charge is 2.35. The van der Waals surface area contributed by atoms with Gasteiger partial charge in [0, 0.05) is 6.54 Å². The van der Waals surface area contributed by atoms with Gasteiger partial charge in [-0.3, -0.25) is 4.79 Å². The fourth-order valence-corrected chi connectivity index (χ4v) is 5.62. The number of ketones is 1. The molecule has 0 unspecified atom stereocenters. The maximum atomic E-state index is 12.2. The molecule has 0 amide bonds. The summed E-state index contributed by atoms with van der Waals surface area (Å²) in [5.74, 6) is -0.471. The van der Waals surface area contributed by atoms with E-state index < -0.39 is 14.0 Å². The van der Waals surface area contributed by atoms with Crippen molar-refractivity contribution in [3.8, 4) is 0 Å². The van der Waals surface area contributed by atoms with Crippen LogP contribution in [0.25, 0.3) is 0 Å². The Morgan fingerprint density at radius 3 is 2.20 bits per heavy atom. The number of halogens is 4. The maximum Gasteiger partial charge on any atom is 0.227 e. The van der Waals surface area contributed by atoms with E-state index in [0.29, 0.717) is 0 Å². The highest BCUT2D eigenvalue weighted by Crippen LogP contribution is 2.36. The van der Waals surface area contributed by atoms with E-state index >= 15 is 0 Å². The molecule has 0 bridgehead atoms. The number of hydrazone groups is 1. The van der Waals surface area contributed by atoms with E-state index in [9.17, 15) is 4.79 Å². The Kier molecular flexibility index (Phi) is 4.92. The van der Waals surface area contributed by atoms with E-state index in [1.54, 1.807) is 0 Å². The highest BCUT2D eigenvalue weighted by molar-refractivity contribution is 6.76. The number of nitrogens with zero attached hydrogens (tertiary/aromatic N) is 2. The first-order valence-corrected chi connectivity index (χ1v) is 10.9. The molecule has 0 saturated carbocycles. The molecular formula is C12H14Cl4N2OSi. The molecule has 1 saturated heterocycles. The van der Waals surface area contributed by atoms with Gasteiger partial charge in [0.15, 0.2) is 13.9 Å². The minimum atomic E-state index is -1.65. The van der Waals surface area contributed by atoms with Crippen molar-refractivity contribution in [1.29, 1.82) is 0 Å². The van der Waals surface area contributed by atoms with Crippen LogP contribution in [-0.4, -0.2) is 30.9 Å². The minimum absolute atomic E-state index is 0.0163. The predicted molar refractivity (Wildman–Crippen MR) is 88.1 cm³/mol. The number of allylic oxidation sites excluding steroid dienone is 4. The molecule has 1 heterocycles. The second-order valence-corrected chi connectivity index (χ2v) is 11.6. The van der Waals surface area contributed by atoms with Crippen molar-refractivity contribution in [3.05, 3.63) is 20.1 Å². The predicted octanol–water partition coefficient (Wildman–Crippen LogP) is 4.60. The third-order valence-electron chi connectivity index (χ3n) is 3.53. The topological polar surface area (TPSA) is 32.7 Å². The molecular weight excluding hydrogens is 358 g/mol. The quantitative estimate of drug-likeness (QED) is 0.498. The van der Waals surface area contributed by atoms with Crippen molar-refractivity contribution in [3.63, 3.8) is 0 Å². The summed E-state index contributed by atoms with van der Waals surface area (Å²) in [6.07, 6.45) is 2.26. The summed E-state index contributed by atoms with van der Waals surface area (Å²) in [6, 6.07) is 1.14. The van der Waals surface area contributed by atoms with Crippen LogP contribution >= 0.6 is 46.4 Å². The van der Waals surface area contributed by atoms with Crippen molar-refractivity contribution in [2.45, 2.75) is 32.0 Å². The van der Waals surface area contributed by atoms with Crippen molar-refractivity contribution in [2.75, 3.05) is 6.54 Å². The van der Waals surface area contributed by atoms with E-state index in [1.165, 1.54) is 6.42 Å². The van der Waals surface area contributed by atoms with Crippen LogP contribution in [0, 0.1) is 0 Å². The number of hydrogen-bond donors (Lipinski definition) is 0. The van der Waals surface area contributed by atoms with Crippen molar-refractivity contribution in [2.24, 2.45) is 5.10 Å². The van der Waals surface area contributed by atoms with Gasteiger partial charge < -0.3 is 4.67 Å². The molecule has 0 radical (unpaired) electrons. The molecule has 0 spiro atoms. The van der Waals surface area contributed by atoms with Crippen molar-refractivity contribution < 1.29 is 4.79 Å². The fourth-order valence-electron chi connectivity index (χ4n) is 2.25. The minimum Gasteiger partial charge on any atom is -0.324 e. The molecule has 1 aliphatic heterocycles. The van der Waals surface area contributed by atoms with Gasteiger partial charge in [0.2, 0.25) is 5.78 Å². The SMILES string of the molecule is C[Si]1(C)CCCCN1N=C1C(=O)C(Cl)=C(Cl)C(Cl)=C1Cl. The van der Waals surface area contributed by atoms with Gasteiger partial charge in [-0.05, 0) is 12.5 Å². The number of hydrogen-bond acceptors (Lipinski definition) is 3. The van der Waals surface area contributed by atoms with E-state index in [4.69, 9.17) is 46.4 Å². The average molecular weight is 372 g/mol. The molecule has 110 valence electrons. The average Bonchev–Trinajstić information content (AvgIpc) is 2.40. The summed E-state index contributed by atoms with van der Waals surface area (Å²) >= 11 is 23.9. The molecule has 2 rings (SSSR count). The second-order valence-electron chi connectivity index (χ2n) is 5.43. The third kappa shape index (κ3) is 2.95. The molecule has 8 heteroatoms. The molecule has 1 fully saturated rings. The number of Topliss-reactive ketones (excluding diaryl/α,β-unsaturated/α-hetero) is 1. The van der Waals surface area contributed by atoms with E-state index in [-0.39, 0.29) is 25.8 Å². The molecule has 1 aliphatic carbocycles. The van der Waals surface area contributed by atoms with Gasteiger partial charge in [0.25, 0.3) is 0 Å². The first-order valence-electron chi connectivity index (χ1n) is 6.28. The number of carbonyl (C=O) groups excluding carboxylic acids is 1. The smallest absolute Gasteiger partial charge is 0.227 e. The monoisotopic (exact) mass is 370 g/mol. The summed E-state index contributed by atoms with van der Waals surface area (Å²) in [7, 11) is -1.65. The molecule has 0 aromatic rings. The molecule has 0 atom stereocenters. The van der Waals surface area contributed by atoms with Crippen LogP contribution in [0.2, 0.25) is 19.1 Å². The summed E-state index contributed by atoms with van der Waals surface area (Å²) in [4.78, 5) is 12.2. The zero-order valence-corrected chi connectivity index (χ0v) is 15.2. The molecule has 0 aromatic carbocycles. The van der Waals surface area contributed by atoms with Crippen LogP contribution in [0.4, 0.5) is 0 Å². The summed E-state index contributed by atoms with van der Waals surface area (Å²) < 4.78 is 2.01. The summed E-state index contributed by atoms with van der Waals surface area (Å²) in [6.45, 7) is 5.26. The van der Waals surface area contributed by atoms with Crippen LogP contribution in [0.1, 0.15) is 12.8 Å². The third-order valence-corrected chi connectivity index (χ3v) is 8.60. The normalized spacial score (nSPS) is 25.8. The number of carbonyl (C=O) groups is 1. The zero-order chi connectivity index (χ0) is 15.1. The fraction of sp³-hybridized carbons (Fsp3) is 0.500. The zero-order valence-electron chi connectivity index (χ0n) is 11.1. The standard InChI is InChI=1S/C12H14Cl4N2OSi/c1-20(2)6-4-3-5-18(20)17-11-9(15)7(13)8(14)10(16)12(11)19/h3-6H2,1-2H3. The Labute approximate surface area is 139 Å². The molecule has 0 aromatic heterocycles. The maximum absolute atomic E-state index is 12.2. The van der Waals surface area contributed by atoms with Crippen LogP contribution in [0.5, 0.6) is 0 Å². The Morgan fingerprint density at radius 1 is 1.00 bits per heavy atom. The molecule has 0 N–H and O–H groups in total. The van der Waals surface area contributed by atoms with Gasteiger partial charge in [0.1, 0.15) is 5.03 Å². The van der Waals surface area contributed by atoms with Gasteiger partial charge in [-0.2, -0.15) is 5.10 Å². The number of rotatable bonds is 1. The van der Waals surface area contributed by atoms with E-state index in [1.807, 2.05) is 4.67 Å². The summed E-state index contributed by atoms with van der Waals surface area (Å²) in [5, 5.41) is 4.46. The van der Waals surface area contributed by atoms with Crippen LogP contribution in [0.15, 0.2) is 25.2 Å². The Morgan fingerprint density at radius 2 is 1.60 bits per heavy atom. The van der Waals surface area contributed by atoms with Gasteiger partial charge in [0.05, 0.1) is 15.1 Å². The lowest BCUT2D eigenvalue weighted by Crippen LogP contribution is -2.49. The highest BCUT2D eigenvalue weighted by atomic mass is 35.5. The van der Waals surface area contributed by atoms with Gasteiger partial charge in [-0.1, -0.05) is 65.9 Å². The lowest BCUT2D eigenvalue weighted by Gasteiger charge is -2.39. The van der Waals surface area contributed by atoms with Gasteiger partial charge in [-0.15, -0.1) is 0 Å².